The molecule has 0 saturated carbocycles. The summed E-state index contributed by atoms with van der Waals surface area (Å²) in [5.41, 5.74) is 2.16. The fourth-order valence-electron chi connectivity index (χ4n) is 1.99. The molecule has 8 heteroatoms. The highest BCUT2D eigenvalue weighted by molar-refractivity contribution is 9.10. The minimum Gasteiger partial charge on any atom is -0.360 e. The summed E-state index contributed by atoms with van der Waals surface area (Å²) in [6, 6.07) is 9.01. The van der Waals surface area contributed by atoms with Gasteiger partial charge in [-0.15, -0.1) is 0 Å². The Morgan fingerprint density at radius 2 is 2.04 bits per heavy atom. The summed E-state index contributed by atoms with van der Waals surface area (Å²) >= 11 is 3.48. The summed E-state index contributed by atoms with van der Waals surface area (Å²) < 4.78 is 5.80. The van der Waals surface area contributed by atoms with Crippen LogP contribution < -0.4 is 10.6 Å². The molecule has 0 fully saturated rings. The fourth-order valence-corrected chi connectivity index (χ4v) is 2.59. The highest BCUT2D eigenvalue weighted by Gasteiger charge is 2.12. The van der Waals surface area contributed by atoms with Gasteiger partial charge in [-0.05, 0) is 53.5 Å². The number of hydrogen-bond donors (Lipinski definition) is 2. The number of hydrogen-bond acceptors (Lipinski definition) is 6. The average Bonchev–Trinajstić information content (AvgIpc) is 2.95. The normalized spacial score (nSPS) is 10.5. The van der Waals surface area contributed by atoms with Crippen LogP contribution in [0.5, 0.6) is 0 Å². The molecule has 2 aromatic heterocycles. The fraction of sp³-hybridized carbons (Fsp3) is 0.125. The molecule has 0 aliphatic heterocycles. The van der Waals surface area contributed by atoms with E-state index in [1.165, 1.54) is 12.3 Å². The maximum atomic E-state index is 12.2. The Balaban J connectivity index is 1.77. The van der Waals surface area contributed by atoms with Gasteiger partial charge in [0.2, 0.25) is 5.95 Å². The van der Waals surface area contributed by atoms with Crippen LogP contribution in [0.2, 0.25) is 0 Å². The Morgan fingerprint density at radius 3 is 2.75 bits per heavy atom. The van der Waals surface area contributed by atoms with Crippen LogP contribution in [0.25, 0.3) is 0 Å². The van der Waals surface area contributed by atoms with Crippen molar-refractivity contribution in [2.75, 3.05) is 10.6 Å². The van der Waals surface area contributed by atoms with Gasteiger partial charge >= 0.3 is 0 Å². The number of nitrogens with one attached hydrogen (secondary N) is 2. The number of rotatable bonds is 4. The second-order valence-corrected chi connectivity index (χ2v) is 6.01. The van der Waals surface area contributed by atoms with Crippen LogP contribution in [-0.2, 0) is 0 Å². The number of aryl methyl sites for hydroxylation is 2. The molecule has 7 nitrogen and oxygen atoms in total. The minimum absolute atomic E-state index is 0.219. The van der Waals surface area contributed by atoms with Crippen molar-refractivity contribution < 1.29 is 9.32 Å². The summed E-state index contributed by atoms with van der Waals surface area (Å²) in [7, 11) is 0. The first-order valence-electron chi connectivity index (χ1n) is 7.12. The topological polar surface area (TPSA) is 92.9 Å². The van der Waals surface area contributed by atoms with Crippen molar-refractivity contribution >= 4 is 39.3 Å². The summed E-state index contributed by atoms with van der Waals surface area (Å²) in [6.45, 7) is 3.75. The number of carbonyl (C=O) groups excluding carboxylic acids is 1. The molecule has 1 aromatic carbocycles. The van der Waals surface area contributed by atoms with E-state index in [9.17, 15) is 4.79 Å². The molecule has 1 amide bonds. The number of aromatic nitrogens is 3. The Kier molecular flexibility index (Phi) is 4.57. The molecule has 0 aliphatic rings. The van der Waals surface area contributed by atoms with Crippen molar-refractivity contribution in [3.63, 3.8) is 0 Å². The lowest BCUT2D eigenvalue weighted by atomic mass is 10.2. The van der Waals surface area contributed by atoms with Crippen LogP contribution in [0.1, 0.15) is 21.8 Å². The molecule has 0 unspecified atom stereocenters. The molecule has 3 rings (SSSR count). The number of amides is 1. The average molecular weight is 388 g/mol. The first-order valence-corrected chi connectivity index (χ1v) is 7.91. The second-order valence-electron chi connectivity index (χ2n) is 5.15. The van der Waals surface area contributed by atoms with Gasteiger partial charge in [0, 0.05) is 16.7 Å². The first kappa shape index (κ1) is 16.1. The van der Waals surface area contributed by atoms with Crippen molar-refractivity contribution in [2.24, 2.45) is 0 Å². The zero-order chi connectivity index (χ0) is 17.1. The number of halogens is 1. The number of nitrogens with zero attached hydrogens (tertiary/aromatic N) is 3. The predicted octanol–water partition coefficient (Wildman–Crippen LogP) is 3.84. The smallest absolute Gasteiger partial charge is 0.275 e. The molecule has 0 aliphatic carbocycles. The van der Waals surface area contributed by atoms with Crippen LogP contribution in [0.15, 0.2) is 45.5 Å². The minimum atomic E-state index is -0.392. The summed E-state index contributed by atoms with van der Waals surface area (Å²) in [6.07, 6.45) is 1.51. The lowest BCUT2D eigenvalue weighted by Crippen LogP contribution is -2.15. The first-order chi connectivity index (χ1) is 11.5. The molecule has 122 valence electrons. The SMILES string of the molecule is Cc1ccc(Nc2nccc(C(=O)Nc3cc(C)on3)n2)c(Br)c1. The number of carbonyl (C=O) groups is 1. The monoisotopic (exact) mass is 387 g/mol. The van der Waals surface area contributed by atoms with Gasteiger partial charge in [0.05, 0.1) is 5.69 Å². The molecule has 2 N–H and O–H groups in total. The van der Waals surface area contributed by atoms with Crippen molar-refractivity contribution in [3.8, 4) is 0 Å². The third-order valence-electron chi connectivity index (χ3n) is 3.13. The van der Waals surface area contributed by atoms with E-state index >= 15 is 0 Å². The van der Waals surface area contributed by atoms with Gasteiger partial charge in [0.15, 0.2) is 5.82 Å². The van der Waals surface area contributed by atoms with E-state index in [0.717, 1.165) is 15.7 Å². The lowest BCUT2D eigenvalue weighted by molar-refractivity contribution is 0.102. The third kappa shape index (κ3) is 3.77. The molecule has 0 saturated heterocycles. The van der Waals surface area contributed by atoms with E-state index in [4.69, 9.17) is 4.52 Å². The molecule has 2 heterocycles. The highest BCUT2D eigenvalue weighted by atomic mass is 79.9. The summed E-state index contributed by atoms with van der Waals surface area (Å²) in [4.78, 5) is 20.6. The van der Waals surface area contributed by atoms with E-state index in [0.29, 0.717) is 17.5 Å². The summed E-state index contributed by atoms with van der Waals surface area (Å²) in [5.74, 6) is 0.881. The van der Waals surface area contributed by atoms with Crippen LogP contribution in [0.4, 0.5) is 17.5 Å². The van der Waals surface area contributed by atoms with Gasteiger partial charge in [-0.2, -0.15) is 0 Å². The standard InChI is InChI=1S/C16H14BrN5O2/c1-9-3-4-12(11(17)7-9)19-16-18-6-5-13(20-16)15(23)21-14-8-10(2)24-22-14/h3-8H,1-2H3,(H,18,19,20)(H,21,22,23). The maximum Gasteiger partial charge on any atom is 0.275 e. The van der Waals surface area contributed by atoms with Crippen molar-refractivity contribution in [2.45, 2.75) is 13.8 Å². The largest absolute Gasteiger partial charge is 0.360 e. The molecule has 0 spiro atoms. The van der Waals surface area contributed by atoms with Gasteiger partial charge in [-0.3, -0.25) is 4.79 Å². The van der Waals surface area contributed by atoms with Crippen molar-refractivity contribution in [1.29, 1.82) is 0 Å². The van der Waals surface area contributed by atoms with Gasteiger partial charge in [-0.1, -0.05) is 11.2 Å². The number of anilines is 3. The predicted molar refractivity (Wildman–Crippen MR) is 93.4 cm³/mol. The van der Waals surface area contributed by atoms with E-state index in [2.05, 4.69) is 41.7 Å². The third-order valence-corrected chi connectivity index (χ3v) is 3.78. The van der Waals surface area contributed by atoms with Crippen molar-refractivity contribution in [3.05, 3.63) is 58.0 Å². The van der Waals surface area contributed by atoms with Gasteiger partial charge < -0.3 is 15.2 Å². The van der Waals surface area contributed by atoms with Crippen molar-refractivity contribution in [1.82, 2.24) is 15.1 Å². The van der Waals surface area contributed by atoms with E-state index in [1.807, 2.05) is 25.1 Å². The van der Waals surface area contributed by atoms with E-state index in [1.54, 1.807) is 13.0 Å². The second kappa shape index (κ2) is 6.79. The molecular formula is C16H14BrN5O2. The molecule has 24 heavy (non-hydrogen) atoms. The zero-order valence-corrected chi connectivity index (χ0v) is 14.6. The Hall–Kier alpha value is -2.74. The maximum absolute atomic E-state index is 12.2. The zero-order valence-electron chi connectivity index (χ0n) is 13.0. The Labute approximate surface area is 146 Å². The van der Waals surface area contributed by atoms with Crippen LogP contribution in [0.3, 0.4) is 0 Å². The van der Waals surface area contributed by atoms with Crippen LogP contribution >= 0.6 is 15.9 Å². The van der Waals surface area contributed by atoms with Crippen LogP contribution in [-0.4, -0.2) is 21.0 Å². The molecule has 0 atom stereocenters. The van der Waals surface area contributed by atoms with Crippen LogP contribution in [0, 0.1) is 13.8 Å². The Morgan fingerprint density at radius 1 is 1.21 bits per heavy atom. The highest BCUT2D eigenvalue weighted by Crippen LogP contribution is 2.25. The molecule has 0 bridgehead atoms. The molecule has 3 aromatic rings. The Bertz CT molecular complexity index is 894. The van der Waals surface area contributed by atoms with Gasteiger partial charge in [0.1, 0.15) is 11.5 Å². The van der Waals surface area contributed by atoms with E-state index in [-0.39, 0.29) is 5.69 Å². The quantitative estimate of drug-likeness (QED) is 0.706. The molecule has 0 radical (unpaired) electrons. The lowest BCUT2D eigenvalue weighted by Gasteiger charge is -2.08. The summed E-state index contributed by atoms with van der Waals surface area (Å²) in [5, 5.41) is 9.42. The van der Waals surface area contributed by atoms with E-state index < -0.39 is 5.91 Å². The number of benzene rings is 1. The molecular weight excluding hydrogens is 374 g/mol. The van der Waals surface area contributed by atoms with Gasteiger partial charge in [0.25, 0.3) is 5.91 Å². The van der Waals surface area contributed by atoms with Gasteiger partial charge in [-0.25, -0.2) is 9.97 Å².